The third-order valence-electron chi connectivity index (χ3n) is 3.71. The molecule has 0 bridgehead atoms. The summed E-state index contributed by atoms with van der Waals surface area (Å²) in [6.07, 6.45) is 0. The molecule has 0 radical (unpaired) electrons. The highest BCUT2D eigenvalue weighted by atomic mass is 79.9. The van der Waals surface area contributed by atoms with Crippen molar-refractivity contribution in [1.82, 2.24) is 5.32 Å². The van der Waals surface area contributed by atoms with Crippen LogP contribution in [-0.4, -0.2) is 12.5 Å². The summed E-state index contributed by atoms with van der Waals surface area (Å²) in [6.45, 7) is 6.25. The van der Waals surface area contributed by atoms with Crippen LogP contribution in [0.5, 0.6) is 0 Å². The summed E-state index contributed by atoms with van der Waals surface area (Å²) in [6, 6.07) is 11.5. The molecule has 2 rings (SSSR count). The molecule has 0 spiro atoms. The standard InChI is InChI=1S/C18H19Br2ClN2O/c1-11-8-14(19)17(15(20)9-11)23-16(24)10-22-18(2,3)12-4-6-13(21)7-5-12/h4-9,22H,10H2,1-3H3,(H,23,24). The average Bonchev–Trinajstić information content (AvgIpc) is 2.49. The van der Waals surface area contributed by atoms with E-state index in [0.717, 1.165) is 25.8 Å². The third kappa shape index (κ3) is 5.06. The summed E-state index contributed by atoms with van der Waals surface area (Å²) in [4.78, 5) is 12.3. The van der Waals surface area contributed by atoms with Crippen molar-refractivity contribution in [1.29, 1.82) is 0 Å². The molecule has 0 heterocycles. The second-order valence-corrected chi connectivity index (χ2v) is 8.28. The van der Waals surface area contributed by atoms with Crippen molar-refractivity contribution in [3.63, 3.8) is 0 Å². The Morgan fingerprint density at radius 2 is 1.67 bits per heavy atom. The first-order valence-corrected chi connectivity index (χ1v) is 9.42. The van der Waals surface area contributed by atoms with Gasteiger partial charge in [0.25, 0.3) is 0 Å². The highest BCUT2D eigenvalue weighted by Crippen LogP contribution is 2.32. The van der Waals surface area contributed by atoms with Crippen LogP contribution in [0.25, 0.3) is 0 Å². The van der Waals surface area contributed by atoms with Crippen LogP contribution in [0.3, 0.4) is 0 Å². The monoisotopic (exact) mass is 472 g/mol. The number of benzene rings is 2. The molecule has 24 heavy (non-hydrogen) atoms. The number of halogens is 3. The maximum atomic E-state index is 12.3. The van der Waals surface area contributed by atoms with Crippen LogP contribution in [0.1, 0.15) is 25.0 Å². The lowest BCUT2D eigenvalue weighted by atomic mass is 9.94. The van der Waals surface area contributed by atoms with Crippen molar-refractivity contribution in [2.24, 2.45) is 0 Å². The number of anilines is 1. The van der Waals surface area contributed by atoms with E-state index in [-0.39, 0.29) is 18.0 Å². The Bertz CT molecular complexity index is 722. The van der Waals surface area contributed by atoms with E-state index in [4.69, 9.17) is 11.6 Å². The molecule has 0 atom stereocenters. The van der Waals surface area contributed by atoms with Crippen molar-refractivity contribution in [3.05, 3.63) is 61.5 Å². The number of hydrogen-bond donors (Lipinski definition) is 2. The van der Waals surface area contributed by atoms with E-state index < -0.39 is 0 Å². The molecule has 128 valence electrons. The van der Waals surface area contributed by atoms with Gasteiger partial charge in [-0.2, -0.15) is 0 Å². The predicted molar refractivity (Wildman–Crippen MR) is 108 cm³/mol. The van der Waals surface area contributed by atoms with Gasteiger partial charge in [-0.3, -0.25) is 10.1 Å². The van der Waals surface area contributed by atoms with Crippen molar-refractivity contribution in [2.45, 2.75) is 26.3 Å². The first-order valence-electron chi connectivity index (χ1n) is 7.45. The summed E-state index contributed by atoms with van der Waals surface area (Å²) in [5.74, 6) is -0.109. The van der Waals surface area contributed by atoms with Crippen molar-refractivity contribution in [2.75, 3.05) is 11.9 Å². The fourth-order valence-corrected chi connectivity index (χ4v) is 4.01. The highest BCUT2D eigenvalue weighted by Gasteiger charge is 2.21. The number of nitrogens with one attached hydrogen (secondary N) is 2. The second-order valence-electron chi connectivity index (χ2n) is 6.14. The zero-order valence-electron chi connectivity index (χ0n) is 13.7. The smallest absolute Gasteiger partial charge is 0.238 e. The molecule has 0 aromatic heterocycles. The lowest BCUT2D eigenvalue weighted by molar-refractivity contribution is -0.115. The molecule has 2 N–H and O–H groups in total. The van der Waals surface area contributed by atoms with Gasteiger partial charge in [-0.05, 0) is 88.0 Å². The first kappa shape index (κ1) is 19.4. The van der Waals surface area contributed by atoms with Crippen molar-refractivity contribution in [3.8, 4) is 0 Å². The number of aryl methyl sites for hydroxylation is 1. The van der Waals surface area contributed by atoms with E-state index in [1.54, 1.807) is 0 Å². The topological polar surface area (TPSA) is 41.1 Å². The van der Waals surface area contributed by atoms with Gasteiger partial charge < -0.3 is 5.32 Å². The fraction of sp³-hybridized carbons (Fsp3) is 0.278. The van der Waals surface area contributed by atoms with Crippen LogP contribution < -0.4 is 10.6 Å². The van der Waals surface area contributed by atoms with E-state index >= 15 is 0 Å². The summed E-state index contributed by atoms with van der Waals surface area (Å²) in [5.41, 5.74) is 2.56. The molecule has 2 aromatic carbocycles. The molecule has 0 unspecified atom stereocenters. The van der Waals surface area contributed by atoms with Crippen LogP contribution in [0.15, 0.2) is 45.3 Å². The van der Waals surface area contributed by atoms with Gasteiger partial charge in [-0.25, -0.2) is 0 Å². The lowest BCUT2D eigenvalue weighted by Gasteiger charge is -2.27. The summed E-state index contributed by atoms with van der Waals surface area (Å²) < 4.78 is 1.69. The van der Waals surface area contributed by atoms with E-state index in [2.05, 4.69) is 42.5 Å². The number of carbonyl (C=O) groups is 1. The fourth-order valence-electron chi connectivity index (χ4n) is 2.27. The number of amides is 1. The molecule has 0 aliphatic rings. The van der Waals surface area contributed by atoms with Gasteiger partial charge in [0.1, 0.15) is 0 Å². The quantitative estimate of drug-likeness (QED) is 0.589. The summed E-state index contributed by atoms with van der Waals surface area (Å²) in [5, 5.41) is 6.90. The van der Waals surface area contributed by atoms with E-state index in [0.29, 0.717) is 5.02 Å². The van der Waals surface area contributed by atoms with Crippen LogP contribution in [0.4, 0.5) is 5.69 Å². The Kier molecular flexibility index (Phi) is 6.48. The largest absolute Gasteiger partial charge is 0.323 e. The first-order chi connectivity index (χ1) is 11.2. The molecule has 0 aliphatic heterocycles. The minimum atomic E-state index is -0.344. The Hall–Kier alpha value is -0.880. The van der Waals surface area contributed by atoms with Gasteiger partial charge >= 0.3 is 0 Å². The Labute approximate surface area is 164 Å². The SMILES string of the molecule is Cc1cc(Br)c(NC(=O)CNC(C)(C)c2ccc(Cl)cc2)c(Br)c1. The maximum absolute atomic E-state index is 12.3. The van der Waals surface area contributed by atoms with E-state index in [1.807, 2.05) is 57.2 Å². The average molecular weight is 475 g/mol. The van der Waals surface area contributed by atoms with Gasteiger partial charge in [0.15, 0.2) is 0 Å². The highest BCUT2D eigenvalue weighted by molar-refractivity contribution is 9.11. The normalized spacial score (nSPS) is 11.4. The van der Waals surface area contributed by atoms with Crippen molar-refractivity contribution < 1.29 is 4.79 Å². The minimum absolute atomic E-state index is 0.109. The molecule has 3 nitrogen and oxygen atoms in total. The molecular formula is C18H19Br2ClN2O. The lowest BCUT2D eigenvalue weighted by Crippen LogP contribution is -2.41. The minimum Gasteiger partial charge on any atom is -0.323 e. The van der Waals surface area contributed by atoms with Gasteiger partial charge in [-0.1, -0.05) is 23.7 Å². The van der Waals surface area contributed by atoms with Crippen LogP contribution in [0, 0.1) is 6.92 Å². The predicted octanol–water partition coefficient (Wildman–Crippen LogP) is 5.64. The van der Waals surface area contributed by atoms with Gasteiger partial charge in [0, 0.05) is 19.5 Å². The van der Waals surface area contributed by atoms with Crippen LogP contribution in [0.2, 0.25) is 5.02 Å². The second kappa shape index (κ2) is 8.00. The van der Waals surface area contributed by atoms with Gasteiger partial charge in [0.2, 0.25) is 5.91 Å². The molecule has 0 aliphatic carbocycles. The van der Waals surface area contributed by atoms with E-state index in [9.17, 15) is 4.79 Å². The zero-order chi connectivity index (χ0) is 17.9. The molecule has 0 fully saturated rings. The van der Waals surface area contributed by atoms with Crippen LogP contribution >= 0.6 is 43.5 Å². The zero-order valence-corrected chi connectivity index (χ0v) is 17.6. The van der Waals surface area contributed by atoms with Crippen molar-refractivity contribution >= 4 is 55.1 Å². The summed E-state index contributed by atoms with van der Waals surface area (Å²) >= 11 is 12.9. The number of carbonyl (C=O) groups excluding carboxylic acids is 1. The third-order valence-corrected chi connectivity index (χ3v) is 5.21. The maximum Gasteiger partial charge on any atom is 0.238 e. The molecule has 2 aromatic rings. The number of rotatable bonds is 5. The molecule has 1 amide bonds. The molecule has 0 saturated carbocycles. The summed E-state index contributed by atoms with van der Waals surface area (Å²) in [7, 11) is 0. The number of hydrogen-bond acceptors (Lipinski definition) is 2. The van der Waals surface area contributed by atoms with Gasteiger partial charge in [-0.15, -0.1) is 0 Å². The molecular weight excluding hydrogens is 455 g/mol. The Balaban J connectivity index is 2.01. The molecule has 6 heteroatoms. The Morgan fingerprint density at radius 3 is 2.21 bits per heavy atom. The van der Waals surface area contributed by atoms with E-state index in [1.165, 1.54) is 0 Å². The Morgan fingerprint density at radius 1 is 1.12 bits per heavy atom. The molecule has 0 saturated heterocycles. The van der Waals surface area contributed by atoms with Gasteiger partial charge in [0.05, 0.1) is 12.2 Å². The van der Waals surface area contributed by atoms with Crippen LogP contribution in [-0.2, 0) is 10.3 Å².